The molecule has 0 bridgehead atoms. The lowest BCUT2D eigenvalue weighted by atomic mass is 9.85. The standard InChI is InChI=1S/C10H17NO/c1-11-9(7-12)6-8-4-2-3-5-10(8)11/h7-10H,2-6H2,1H3/t8-,9-,10-/m0/s1. The quantitative estimate of drug-likeness (QED) is 0.551. The van der Waals surface area contributed by atoms with Gasteiger partial charge in [0, 0.05) is 6.04 Å². The van der Waals surface area contributed by atoms with Gasteiger partial charge in [-0.3, -0.25) is 4.90 Å². The Labute approximate surface area is 73.9 Å². The summed E-state index contributed by atoms with van der Waals surface area (Å²) in [5, 5.41) is 0. The topological polar surface area (TPSA) is 20.3 Å². The lowest BCUT2D eigenvalue weighted by molar-refractivity contribution is -0.111. The molecule has 0 amide bonds. The number of likely N-dealkylation sites (tertiary alicyclic amines) is 1. The van der Waals surface area contributed by atoms with Crippen LogP contribution in [0.3, 0.4) is 0 Å². The monoisotopic (exact) mass is 167 g/mol. The van der Waals surface area contributed by atoms with Crippen LogP contribution in [-0.2, 0) is 4.79 Å². The second-order valence-corrected chi connectivity index (χ2v) is 4.22. The smallest absolute Gasteiger partial charge is 0.137 e. The molecule has 2 heteroatoms. The van der Waals surface area contributed by atoms with E-state index in [1.807, 2.05) is 0 Å². The molecule has 3 atom stereocenters. The van der Waals surface area contributed by atoms with Crippen LogP contribution in [0.15, 0.2) is 0 Å². The molecule has 1 aliphatic carbocycles. The van der Waals surface area contributed by atoms with Gasteiger partial charge in [-0.05, 0) is 32.2 Å². The lowest BCUT2D eigenvalue weighted by Crippen LogP contribution is -2.35. The first-order chi connectivity index (χ1) is 5.83. The van der Waals surface area contributed by atoms with E-state index in [2.05, 4.69) is 11.9 Å². The first-order valence-electron chi connectivity index (χ1n) is 5.00. The minimum atomic E-state index is 0.220. The summed E-state index contributed by atoms with van der Waals surface area (Å²) in [7, 11) is 2.11. The van der Waals surface area contributed by atoms with Gasteiger partial charge < -0.3 is 4.79 Å². The summed E-state index contributed by atoms with van der Waals surface area (Å²) in [4.78, 5) is 13.0. The third-order valence-electron chi connectivity index (χ3n) is 3.62. The number of aldehydes is 1. The zero-order chi connectivity index (χ0) is 8.55. The lowest BCUT2D eigenvalue weighted by Gasteiger charge is -2.29. The number of hydrogen-bond acceptors (Lipinski definition) is 2. The van der Waals surface area contributed by atoms with Crippen molar-refractivity contribution >= 4 is 6.29 Å². The summed E-state index contributed by atoms with van der Waals surface area (Å²) in [6.45, 7) is 0. The van der Waals surface area contributed by atoms with Crippen molar-refractivity contribution in [1.82, 2.24) is 4.90 Å². The van der Waals surface area contributed by atoms with E-state index >= 15 is 0 Å². The normalized spacial score (nSPS) is 42.6. The van der Waals surface area contributed by atoms with E-state index in [1.165, 1.54) is 25.7 Å². The number of hydrogen-bond donors (Lipinski definition) is 0. The Morgan fingerprint density at radius 2 is 2.08 bits per heavy atom. The number of fused-ring (bicyclic) bond motifs is 1. The van der Waals surface area contributed by atoms with Crippen LogP contribution < -0.4 is 0 Å². The number of rotatable bonds is 1. The zero-order valence-electron chi connectivity index (χ0n) is 7.70. The molecule has 2 nitrogen and oxygen atoms in total. The van der Waals surface area contributed by atoms with Gasteiger partial charge in [-0.25, -0.2) is 0 Å². The van der Waals surface area contributed by atoms with Crippen molar-refractivity contribution in [2.24, 2.45) is 5.92 Å². The third-order valence-corrected chi connectivity index (χ3v) is 3.62. The van der Waals surface area contributed by atoms with Crippen LogP contribution in [-0.4, -0.2) is 30.3 Å². The summed E-state index contributed by atoms with van der Waals surface area (Å²) in [5.41, 5.74) is 0. The maximum absolute atomic E-state index is 10.7. The molecule has 1 saturated heterocycles. The molecule has 0 aromatic carbocycles. The molecule has 0 spiro atoms. The van der Waals surface area contributed by atoms with Crippen LogP contribution in [0, 0.1) is 5.92 Å². The van der Waals surface area contributed by atoms with Gasteiger partial charge in [-0.15, -0.1) is 0 Å². The molecule has 0 unspecified atom stereocenters. The molecule has 2 aliphatic rings. The summed E-state index contributed by atoms with van der Waals surface area (Å²) < 4.78 is 0. The largest absolute Gasteiger partial charge is 0.302 e. The number of nitrogens with zero attached hydrogens (tertiary/aromatic N) is 1. The Kier molecular flexibility index (Phi) is 2.18. The van der Waals surface area contributed by atoms with E-state index in [0.29, 0.717) is 6.04 Å². The van der Waals surface area contributed by atoms with Crippen molar-refractivity contribution < 1.29 is 4.79 Å². The molecular formula is C10H17NO. The highest BCUT2D eigenvalue weighted by atomic mass is 16.1. The summed E-state index contributed by atoms with van der Waals surface area (Å²) in [6.07, 6.45) is 7.63. The highest BCUT2D eigenvalue weighted by Gasteiger charge is 2.39. The van der Waals surface area contributed by atoms with E-state index in [0.717, 1.165) is 18.6 Å². The second-order valence-electron chi connectivity index (χ2n) is 4.22. The molecule has 0 radical (unpaired) electrons. The average Bonchev–Trinajstić information content (AvgIpc) is 2.44. The maximum atomic E-state index is 10.7. The zero-order valence-corrected chi connectivity index (χ0v) is 7.70. The minimum absolute atomic E-state index is 0.220. The van der Waals surface area contributed by atoms with Crippen molar-refractivity contribution in [2.75, 3.05) is 7.05 Å². The van der Waals surface area contributed by atoms with Crippen LogP contribution in [0.1, 0.15) is 32.1 Å². The van der Waals surface area contributed by atoms with Crippen molar-refractivity contribution in [3.05, 3.63) is 0 Å². The molecule has 2 rings (SSSR count). The van der Waals surface area contributed by atoms with Gasteiger partial charge in [0.1, 0.15) is 6.29 Å². The second kappa shape index (κ2) is 3.17. The van der Waals surface area contributed by atoms with E-state index in [-0.39, 0.29) is 6.04 Å². The predicted molar refractivity (Wildman–Crippen MR) is 48.0 cm³/mol. The number of likely N-dealkylation sites (N-methyl/N-ethyl adjacent to an activating group) is 1. The van der Waals surface area contributed by atoms with Crippen LogP contribution >= 0.6 is 0 Å². The summed E-state index contributed by atoms with van der Waals surface area (Å²) in [5.74, 6) is 0.818. The molecule has 12 heavy (non-hydrogen) atoms. The molecule has 68 valence electrons. The number of carbonyl (C=O) groups is 1. The SMILES string of the molecule is CN1[C@H](C=O)C[C@@H]2CCCC[C@@H]21. The molecule has 1 heterocycles. The molecule has 1 saturated carbocycles. The molecule has 0 N–H and O–H groups in total. The van der Waals surface area contributed by atoms with Gasteiger partial charge in [-0.2, -0.15) is 0 Å². The minimum Gasteiger partial charge on any atom is -0.302 e. The van der Waals surface area contributed by atoms with Crippen LogP contribution in [0.2, 0.25) is 0 Å². The van der Waals surface area contributed by atoms with E-state index < -0.39 is 0 Å². The Balaban J connectivity index is 2.07. The Bertz CT molecular complexity index is 181. The maximum Gasteiger partial charge on any atom is 0.137 e. The van der Waals surface area contributed by atoms with Crippen molar-refractivity contribution in [1.29, 1.82) is 0 Å². The van der Waals surface area contributed by atoms with Crippen LogP contribution in [0.4, 0.5) is 0 Å². The van der Waals surface area contributed by atoms with Gasteiger partial charge >= 0.3 is 0 Å². The van der Waals surface area contributed by atoms with E-state index in [4.69, 9.17) is 0 Å². The van der Waals surface area contributed by atoms with Gasteiger partial charge in [0.25, 0.3) is 0 Å². The van der Waals surface area contributed by atoms with Gasteiger partial charge in [0.05, 0.1) is 6.04 Å². The molecule has 0 aromatic rings. The Morgan fingerprint density at radius 3 is 2.75 bits per heavy atom. The summed E-state index contributed by atoms with van der Waals surface area (Å²) in [6, 6.07) is 0.937. The van der Waals surface area contributed by atoms with Gasteiger partial charge in [0.2, 0.25) is 0 Å². The first-order valence-corrected chi connectivity index (χ1v) is 5.00. The Hall–Kier alpha value is -0.370. The van der Waals surface area contributed by atoms with E-state index in [9.17, 15) is 4.79 Å². The highest BCUT2D eigenvalue weighted by molar-refractivity contribution is 5.58. The number of carbonyl (C=O) groups excluding carboxylic acids is 1. The fraction of sp³-hybridized carbons (Fsp3) is 0.900. The molecule has 0 aromatic heterocycles. The fourth-order valence-corrected chi connectivity index (χ4v) is 2.87. The summed E-state index contributed by atoms with van der Waals surface area (Å²) >= 11 is 0. The first kappa shape index (κ1) is 8.24. The Morgan fingerprint density at radius 1 is 1.33 bits per heavy atom. The highest BCUT2D eigenvalue weighted by Crippen LogP contribution is 2.37. The van der Waals surface area contributed by atoms with Gasteiger partial charge in [0.15, 0.2) is 0 Å². The molecular weight excluding hydrogens is 150 g/mol. The van der Waals surface area contributed by atoms with Crippen molar-refractivity contribution in [2.45, 2.75) is 44.2 Å². The predicted octanol–water partition coefficient (Wildman–Crippen LogP) is 1.45. The fourth-order valence-electron chi connectivity index (χ4n) is 2.87. The molecule has 2 fully saturated rings. The third kappa shape index (κ3) is 1.18. The van der Waals surface area contributed by atoms with Crippen molar-refractivity contribution in [3.63, 3.8) is 0 Å². The van der Waals surface area contributed by atoms with E-state index in [1.54, 1.807) is 0 Å². The van der Waals surface area contributed by atoms with Crippen LogP contribution in [0.5, 0.6) is 0 Å². The van der Waals surface area contributed by atoms with Crippen LogP contribution in [0.25, 0.3) is 0 Å². The van der Waals surface area contributed by atoms with Gasteiger partial charge in [-0.1, -0.05) is 12.8 Å². The average molecular weight is 167 g/mol. The van der Waals surface area contributed by atoms with Crippen molar-refractivity contribution in [3.8, 4) is 0 Å². The molecule has 1 aliphatic heterocycles.